The third-order valence-electron chi connectivity index (χ3n) is 4.69. The highest BCUT2D eigenvalue weighted by atomic mass is 16.5. The van der Waals surface area contributed by atoms with E-state index in [-0.39, 0.29) is 17.9 Å². The molecular weight excluding hydrogens is 270 g/mol. The second-order valence-corrected chi connectivity index (χ2v) is 5.76. The zero-order valence-corrected chi connectivity index (χ0v) is 12.0. The van der Waals surface area contributed by atoms with E-state index in [0.717, 1.165) is 29.7 Å². The van der Waals surface area contributed by atoms with E-state index >= 15 is 0 Å². The molecule has 0 aromatic heterocycles. The molecule has 3 unspecified atom stereocenters. The van der Waals surface area contributed by atoms with Gasteiger partial charge in [0.05, 0.1) is 25.0 Å². The van der Waals surface area contributed by atoms with Crippen LogP contribution in [0.1, 0.15) is 36.4 Å². The Hall–Kier alpha value is -2.04. The van der Waals surface area contributed by atoms with Gasteiger partial charge in [0.15, 0.2) is 0 Å². The molecule has 1 aromatic rings. The van der Waals surface area contributed by atoms with Gasteiger partial charge in [-0.15, -0.1) is 0 Å². The maximum absolute atomic E-state index is 12.3. The monoisotopic (exact) mass is 289 g/mol. The van der Waals surface area contributed by atoms with Crippen LogP contribution in [0.5, 0.6) is 5.75 Å². The summed E-state index contributed by atoms with van der Waals surface area (Å²) in [5.74, 6) is -1.03. The topological polar surface area (TPSA) is 75.6 Å². The molecule has 0 spiro atoms. The predicted octanol–water partition coefficient (Wildman–Crippen LogP) is 1.91. The van der Waals surface area contributed by atoms with E-state index in [2.05, 4.69) is 5.32 Å². The van der Waals surface area contributed by atoms with Crippen LogP contribution < -0.4 is 10.1 Å². The van der Waals surface area contributed by atoms with Crippen LogP contribution in [0.2, 0.25) is 0 Å². The summed E-state index contributed by atoms with van der Waals surface area (Å²) in [6.07, 6.45) is 2.98. The van der Waals surface area contributed by atoms with Crippen molar-refractivity contribution in [2.45, 2.75) is 31.7 Å². The van der Waals surface area contributed by atoms with E-state index in [9.17, 15) is 9.59 Å². The first kappa shape index (κ1) is 13.9. The molecule has 5 nitrogen and oxygen atoms in total. The Labute approximate surface area is 123 Å². The summed E-state index contributed by atoms with van der Waals surface area (Å²) >= 11 is 0. The molecule has 0 saturated heterocycles. The second-order valence-electron chi connectivity index (χ2n) is 5.76. The molecule has 1 saturated carbocycles. The molecule has 21 heavy (non-hydrogen) atoms. The zero-order valence-electron chi connectivity index (χ0n) is 12.0. The van der Waals surface area contributed by atoms with E-state index in [4.69, 9.17) is 9.84 Å². The number of benzene rings is 1. The average Bonchev–Trinajstić information content (AvgIpc) is 2.80. The number of rotatable bonds is 4. The highest BCUT2D eigenvalue weighted by Gasteiger charge is 2.42. The average molecular weight is 289 g/mol. The number of carboxylic acids is 1. The molecule has 2 aliphatic carbocycles. The third kappa shape index (κ3) is 2.37. The van der Waals surface area contributed by atoms with Crippen LogP contribution in [0.3, 0.4) is 0 Å². The van der Waals surface area contributed by atoms with Crippen molar-refractivity contribution in [3.63, 3.8) is 0 Å². The van der Waals surface area contributed by atoms with E-state index in [1.165, 1.54) is 0 Å². The number of amides is 1. The first-order chi connectivity index (χ1) is 10.1. The first-order valence-corrected chi connectivity index (χ1v) is 7.30. The van der Waals surface area contributed by atoms with Crippen molar-refractivity contribution in [2.75, 3.05) is 7.11 Å². The Kier molecular flexibility index (Phi) is 3.57. The van der Waals surface area contributed by atoms with Gasteiger partial charge in [-0.3, -0.25) is 9.59 Å². The van der Waals surface area contributed by atoms with Gasteiger partial charge >= 0.3 is 5.97 Å². The second kappa shape index (κ2) is 5.39. The molecule has 3 rings (SSSR count). The van der Waals surface area contributed by atoms with Crippen molar-refractivity contribution in [3.05, 3.63) is 29.3 Å². The summed E-state index contributed by atoms with van der Waals surface area (Å²) in [6, 6.07) is 5.82. The van der Waals surface area contributed by atoms with E-state index in [0.29, 0.717) is 12.8 Å². The summed E-state index contributed by atoms with van der Waals surface area (Å²) in [5.41, 5.74) is 2.24. The molecule has 2 aliphatic rings. The lowest BCUT2D eigenvalue weighted by Gasteiger charge is -2.33. The van der Waals surface area contributed by atoms with Crippen molar-refractivity contribution < 1.29 is 19.4 Å². The lowest BCUT2D eigenvalue weighted by molar-refractivity contribution is -0.153. The molecule has 5 heteroatoms. The van der Waals surface area contributed by atoms with Crippen molar-refractivity contribution >= 4 is 11.9 Å². The third-order valence-corrected chi connectivity index (χ3v) is 4.69. The Morgan fingerprint density at radius 1 is 1.24 bits per heavy atom. The van der Waals surface area contributed by atoms with Crippen LogP contribution in [0.4, 0.5) is 0 Å². The van der Waals surface area contributed by atoms with E-state index < -0.39 is 11.9 Å². The fourth-order valence-electron chi connectivity index (χ4n) is 3.35. The molecule has 112 valence electrons. The lowest BCUT2D eigenvalue weighted by atomic mass is 9.73. The number of carbonyl (C=O) groups excluding carboxylic acids is 1. The Bertz CT molecular complexity index is 584. The van der Waals surface area contributed by atoms with Gasteiger partial charge < -0.3 is 15.2 Å². The molecule has 1 fully saturated rings. The lowest BCUT2D eigenvalue weighted by Crippen LogP contribution is -2.44. The molecule has 0 aliphatic heterocycles. The minimum Gasteiger partial charge on any atom is -0.496 e. The number of nitrogens with one attached hydrogen (secondary N) is 1. The predicted molar refractivity (Wildman–Crippen MR) is 76.0 cm³/mol. The normalized spacial score (nSPS) is 26.6. The SMILES string of the molecule is COc1cccc2c1CCC2NC(=O)C1CCC1C(=O)O. The number of methoxy groups -OCH3 is 1. The molecule has 1 aromatic carbocycles. The van der Waals surface area contributed by atoms with E-state index in [1.54, 1.807) is 7.11 Å². The van der Waals surface area contributed by atoms with Crippen LogP contribution in [-0.2, 0) is 16.0 Å². The summed E-state index contributed by atoms with van der Waals surface area (Å²) in [7, 11) is 1.65. The fourth-order valence-corrected chi connectivity index (χ4v) is 3.35. The molecule has 0 heterocycles. The fraction of sp³-hybridized carbons (Fsp3) is 0.500. The van der Waals surface area contributed by atoms with Crippen LogP contribution in [0, 0.1) is 11.8 Å². The summed E-state index contributed by atoms with van der Waals surface area (Å²) < 4.78 is 5.35. The number of ether oxygens (including phenoxy) is 1. The van der Waals surface area contributed by atoms with Crippen LogP contribution >= 0.6 is 0 Å². The van der Waals surface area contributed by atoms with Crippen molar-refractivity contribution in [2.24, 2.45) is 11.8 Å². The number of carboxylic acid groups (broad SMARTS) is 1. The number of hydrogen-bond donors (Lipinski definition) is 2. The molecule has 0 radical (unpaired) electrons. The maximum atomic E-state index is 12.3. The summed E-state index contributed by atoms with van der Waals surface area (Å²) in [6.45, 7) is 0. The molecular formula is C16H19NO4. The van der Waals surface area contributed by atoms with Gasteiger partial charge in [0.25, 0.3) is 0 Å². The minimum absolute atomic E-state index is 0.0300. The van der Waals surface area contributed by atoms with Gasteiger partial charge in [-0.05, 0) is 42.9 Å². The maximum Gasteiger partial charge on any atom is 0.307 e. The number of aliphatic carboxylic acids is 1. The van der Waals surface area contributed by atoms with E-state index in [1.807, 2.05) is 18.2 Å². The Balaban J connectivity index is 1.71. The number of carbonyl (C=O) groups is 2. The summed E-state index contributed by atoms with van der Waals surface area (Å²) in [4.78, 5) is 23.3. The van der Waals surface area contributed by atoms with Gasteiger partial charge in [0.1, 0.15) is 5.75 Å². The zero-order chi connectivity index (χ0) is 15.0. The van der Waals surface area contributed by atoms with Gasteiger partial charge in [-0.25, -0.2) is 0 Å². The number of fused-ring (bicyclic) bond motifs is 1. The number of hydrogen-bond acceptors (Lipinski definition) is 3. The van der Waals surface area contributed by atoms with Crippen molar-refractivity contribution in [1.82, 2.24) is 5.32 Å². The summed E-state index contributed by atoms with van der Waals surface area (Å²) in [5, 5.41) is 12.1. The Morgan fingerprint density at radius 2 is 2.00 bits per heavy atom. The molecule has 2 N–H and O–H groups in total. The Morgan fingerprint density at radius 3 is 2.62 bits per heavy atom. The quantitative estimate of drug-likeness (QED) is 0.887. The van der Waals surface area contributed by atoms with Gasteiger partial charge in [0, 0.05) is 0 Å². The highest BCUT2D eigenvalue weighted by molar-refractivity contribution is 5.86. The largest absolute Gasteiger partial charge is 0.496 e. The molecule has 3 atom stereocenters. The highest BCUT2D eigenvalue weighted by Crippen LogP contribution is 2.39. The smallest absolute Gasteiger partial charge is 0.307 e. The minimum atomic E-state index is -0.866. The van der Waals surface area contributed by atoms with Crippen molar-refractivity contribution in [3.8, 4) is 5.75 Å². The van der Waals surface area contributed by atoms with Crippen LogP contribution in [0.25, 0.3) is 0 Å². The van der Waals surface area contributed by atoms with Crippen LogP contribution in [0.15, 0.2) is 18.2 Å². The molecule has 0 bridgehead atoms. The van der Waals surface area contributed by atoms with Gasteiger partial charge in [-0.1, -0.05) is 12.1 Å². The van der Waals surface area contributed by atoms with Gasteiger partial charge in [-0.2, -0.15) is 0 Å². The first-order valence-electron chi connectivity index (χ1n) is 7.30. The molecule has 1 amide bonds. The standard InChI is InChI=1S/C16H19NO4/c1-21-14-4-2-3-9-10(14)7-8-13(9)17-15(18)11-5-6-12(11)16(19)20/h2-4,11-13H,5-8H2,1H3,(H,17,18)(H,19,20). The van der Waals surface area contributed by atoms with Gasteiger partial charge in [0.2, 0.25) is 5.91 Å². The van der Waals surface area contributed by atoms with Crippen molar-refractivity contribution in [1.29, 1.82) is 0 Å². The van der Waals surface area contributed by atoms with Crippen LogP contribution in [-0.4, -0.2) is 24.1 Å².